The van der Waals surface area contributed by atoms with Crippen LogP contribution in [-0.4, -0.2) is 53.1 Å². The Morgan fingerprint density at radius 1 is 1.56 bits per heavy atom. The molecule has 0 aliphatic carbocycles. The van der Waals surface area contributed by atoms with Crippen LogP contribution in [0, 0.1) is 6.92 Å². The van der Waals surface area contributed by atoms with Gasteiger partial charge in [0.25, 0.3) is 0 Å². The summed E-state index contributed by atoms with van der Waals surface area (Å²) in [6.07, 6.45) is 2.28. The van der Waals surface area contributed by atoms with Gasteiger partial charge in [0.05, 0.1) is 24.1 Å². The number of ether oxygens (including phenoxy) is 1. The highest BCUT2D eigenvalue weighted by atomic mass is 16.5. The van der Waals surface area contributed by atoms with E-state index in [9.17, 15) is 0 Å². The van der Waals surface area contributed by atoms with Gasteiger partial charge in [0.1, 0.15) is 0 Å². The van der Waals surface area contributed by atoms with E-state index in [-0.39, 0.29) is 6.10 Å². The molecule has 5 nitrogen and oxygen atoms in total. The number of hydrogen-bond donors (Lipinski definition) is 1. The van der Waals surface area contributed by atoms with Crippen molar-refractivity contribution >= 4 is 5.69 Å². The van der Waals surface area contributed by atoms with Crippen LogP contribution in [-0.2, 0) is 11.8 Å². The first-order valence-electron chi connectivity index (χ1n) is 6.66. The van der Waals surface area contributed by atoms with Gasteiger partial charge < -0.3 is 10.1 Å². The summed E-state index contributed by atoms with van der Waals surface area (Å²) in [6.45, 7) is 10.2. The van der Waals surface area contributed by atoms with Crippen molar-refractivity contribution in [1.29, 1.82) is 0 Å². The molecule has 1 aliphatic rings. The van der Waals surface area contributed by atoms with Crippen LogP contribution in [0.25, 0.3) is 0 Å². The minimum atomic E-state index is 0.265. The van der Waals surface area contributed by atoms with Crippen LogP contribution < -0.4 is 5.32 Å². The minimum Gasteiger partial charge on any atom is -0.380 e. The Balaban J connectivity index is 1.84. The summed E-state index contributed by atoms with van der Waals surface area (Å²) < 4.78 is 7.63. The van der Waals surface area contributed by atoms with Crippen molar-refractivity contribution in [2.24, 2.45) is 7.05 Å². The van der Waals surface area contributed by atoms with Gasteiger partial charge in [-0.2, -0.15) is 5.10 Å². The van der Waals surface area contributed by atoms with Gasteiger partial charge in [-0.1, -0.05) is 0 Å². The number of rotatable bonds is 4. The number of nitrogens with zero attached hydrogens (tertiary/aromatic N) is 3. The second-order valence-corrected chi connectivity index (χ2v) is 5.26. The number of morpholine rings is 1. The van der Waals surface area contributed by atoms with Crippen molar-refractivity contribution in [2.75, 3.05) is 31.6 Å². The lowest BCUT2D eigenvalue weighted by Gasteiger charge is -2.35. The first-order chi connectivity index (χ1) is 8.56. The lowest BCUT2D eigenvalue weighted by molar-refractivity contribution is -0.0315. The normalized spacial score (nSPS) is 21.5. The Morgan fingerprint density at radius 3 is 2.94 bits per heavy atom. The van der Waals surface area contributed by atoms with Gasteiger partial charge in [0.15, 0.2) is 0 Å². The summed E-state index contributed by atoms with van der Waals surface area (Å²) >= 11 is 0. The van der Waals surface area contributed by atoms with Crippen molar-refractivity contribution in [3.63, 3.8) is 0 Å². The Morgan fingerprint density at radius 2 is 2.33 bits per heavy atom. The molecule has 0 radical (unpaired) electrons. The summed E-state index contributed by atoms with van der Waals surface area (Å²) in [5, 5.41) is 7.75. The molecule has 0 saturated carbocycles. The monoisotopic (exact) mass is 252 g/mol. The molecule has 0 spiro atoms. The fraction of sp³-hybridized carbons (Fsp3) is 0.769. The Bertz CT molecular complexity index is 388. The third kappa shape index (κ3) is 3.23. The zero-order valence-corrected chi connectivity index (χ0v) is 11.8. The molecular formula is C13H24N4O. The van der Waals surface area contributed by atoms with Crippen molar-refractivity contribution in [1.82, 2.24) is 14.7 Å². The highest BCUT2D eigenvalue weighted by Gasteiger charge is 2.22. The lowest BCUT2D eigenvalue weighted by atomic mass is 10.2. The molecule has 1 aliphatic heterocycles. The second kappa shape index (κ2) is 5.71. The predicted octanol–water partition coefficient (Wildman–Crippen LogP) is 1.25. The van der Waals surface area contributed by atoms with Crippen LogP contribution >= 0.6 is 0 Å². The maximum atomic E-state index is 5.80. The third-order valence-electron chi connectivity index (χ3n) is 3.43. The Hall–Kier alpha value is -1.07. The maximum Gasteiger partial charge on any atom is 0.0874 e. The molecule has 0 aromatic carbocycles. The van der Waals surface area contributed by atoms with E-state index in [4.69, 9.17) is 4.74 Å². The zero-order valence-electron chi connectivity index (χ0n) is 11.8. The fourth-order valence-corrected chi connectivity index (χ4v) is 2.33. The van der Waals surface area contributed by atoms with E-state index in [0.29, 0.717) is 6.04 Å². The molecule has 1 unspecified atom stereocenters. The van der Waals surface area contributed by atoms with Gasteiger partial charge in [-0.05, 0) is 20.8 Å². The quantitative estimate of drug-likeness (QED) is 0.876. The topological polar surface area (TPSA) is 42.3 Å². The molecule has 1 atom stereocenters. The van der Waals surface area contributed by atoms with Gasteiger partial charge >= 0.3 is 0 Å². The summed E-state index contributed by atoms with van der Waals surface area (Å²) in [5.74, 6) is 0. The SMILES string of the molecule is Cc1nn(C)cc1NCC1CN(C(C)C)CCO1. The summed E-state index contributed by atoms with van der Waals surface area (Å²) in [6, 6.07) is 0.594. The van der Waals surface area contributed by atoms with Gasteiger partial charge in [-0.25, -0.2) is 0 Å². The van der Waals surface area contributed by atoms with Crippen LogP contribution in [0.3, 0.4) is 0 Å². The Labute approximate surface area is 109 Å². The van der Waals surface area contributed by atoms with E-state index in [1.165, 1.54) is 0 Å². The van der Waals surface area contributed by atoms with E-state index < -0.39 is 0 Å². The van der Waals surface area contributed by atoms with E-state index in [1.807, 2.05) is 24.9 Å². The van der Waals surface area contributed by atoms with Gasteiger partial charge in [0.2, 0.25) is 0 Å². The third-order valence-corrected chi connectivity index (χ3v) is 3.43. The second-order valence-electron chi connectivity index (χ2n) is 5.26. The van der Waals surface area contributed by atoms with Gasteiger partial charge in [-0.15, -0.1) is 0 Å². The van der Waals surface area contributed by atoms with E-state index in [1.54, 1.807) is 0 Å². The van der Waals surface area contributed by atoms with E-state index in [0.717, 1.165) is 37.6 Å². The maximum absolute atomic E-state index is 5.80. The van der Waals surface area contributed by atoms with Crippen LogP contribution in [0.5, 0.6) is 0 Å². The highest BCUT2D eigenvalue weighted by molar-refractivity contribution is 5.45. The number of anilines is 1. The summed E-state index contributed by atoms with van der Waals surface area (Å²) in [7, 11) is 1.94. The molecule has 18 heavy (non-hydrogen) atoms. The van der Waals surface area contributed by atoms with Crippen molar-refractivity contribution < 1.29 is 4.74 Å². The first-order valence-corrected chi connectivity index (χ1v) is 6.66. The molecular weight excluding hydrogens is 228 g/mol. The molecule has 5 heteroatoms. The van der Waals surface area contributed by atoms with Crippen molar-refractivity contribution in [2.45, 2.75) is 32.9 Å². The molecule has 0 bridgehead atoms. The molecule has 102 valence electrons. The molecule has 1 aromatic heterocycles. The highest BCUT2D eigenvalue weighted by Crippen LogP contribution is 2.13. The number of aromatic nitrogens is 2. The summed E-state index contributed by atoms with van der Waals surface area (Å²) in [4.78, 5) is 2.46. The van der Waals surface area contributed by atoms with Crippen molar-refractivity contribution in [3.8, 4) is 0 Å². The number of aryl methyl sites for hydroxylation is 2. The Kier molecular flexibility index (Phi) is 4.24. The van der Waals surface area contributed by atoms with Crippen LogP contribution in [0.2, 0.25) is 0 Å². The fourth-order valence-electron chi connectivity index (χ4n) is 2.33. The molecule has 1 saturated heterocycles. The predicted molar refractivity (Wildman–Crippen MR) is 72.9 cm³/mol. The first kappa shape index (κ1) is 13.4. The average Bonchev–Trinajstić information content (AvgIpc) is 2.65. The smallest absolute Gasteiger partial charge is 0.0874 e. The van der Waals surface area contributed by atoms with Crippen LogP contribution in [0.1, 0.15) is 19.5 Å². The average molecular weight is 252 g/mol. The molecule has 0 amide bonds. The minimum absolute atomic E-state index is 0.265. The summed E-state index contributed by atoms with van der Waals surface area (Å²) in [5.41, 5.74) is 2.14. The van der Waals surface area contributed by atoms with Crippen LogP contribution in [0.15, 0.2) is 6.20 Å². The standard InChI is InChI=1S/C13H24N4O/c1-10(2)17-5-6-18-12(8-17)7-14-13-9-16(4)15-11(13)3/h9-10,12,14H,5-8H2,1-4H3. The van der Waals surface area contributed by atoms with Gasteiger partial charge in [0, 0.05) is 38.9 Å². The van der Waals surface area contributed by atoms with Crippen LogP contribution in [0.4, 0.5) is 5.69 Å². The molecule has 1 aromatic rings. The lowest BCUT2D eigenvalue weighted by Crippen LogP contribution is -2.48. The number of nitrogens with one attached hydrogen (secondary N) is 1. The number of hydrogen-bond acceptors (Lipinski definition) is 4. The zero-order chi connectivity index (χ0) is 13.1. The van der Waals surface area contributed by atoms with E-state index in [2.05, 4.69) is 29.2 Å². The largest absolute Gasteiger partial charge is 0.380 e. The molecule has 1 N–H and O–H groups in total. The van der Waals surface area contributed by atoms with E-state index >= 15 is 0 Å². The molecule has 2 rings (SSSR count). The molecule has 2 heterocycles. The van der Waals surface area contributed by atoms with Crippen molar-refractivity contribution in [3.05, 3.63) is 11.9 Å². The molecule has 1 fully saturated rings. The van der Waals surface area contributed by atoms with Gasteiger partial charge in [-0.3, -0.25) is 9.58 Å².